The third-order valence-electron chi connectivity index (χ3n) is 5.50. The number of para-hydroxylation sites is 3. The molecule has 1 fully saturated rings. The summed E-state index contributed by atoms with van der Waals surface area (Å²) in [6.45, 7) is 5.17. The van der Waals surface area contributed by atoms with Gasteiger partial charge in [0.25, 0.3) is 0 Å². The monoisotopic (exact) mass is 362 g/mol. The highest BCUT2D eigenvalue weighted by Gasteiger charge is 2.25. The number of hydrogen-bond acceptors (Lipinski definition) is 3. The van der Waals surface area contributed by atoms with Crippen molar-refractivity contribution in [1.29, 1.82) is 0 Å². The molecule has 3 aromatic rings. The fraction of sp³-hybridized carbons (Fsp3) is 0.364. The first kappa shape index (κ1) is 17.6. The van der Waals surface area contributed by atoms with E-state index in [1.165, 1.54) is 5.69 Å². The number of carbonyl (C=O) groups is 1. The van der Waals surface area contributed by atoms with Gasteiger partial charge in [0.05, 0.1) is 11.0 Å². The van der Waals surface area contributed by atoms with Gasteiger partial charge in [-0.2, -0.15) is 0 Å². The van der Waals surface area contributed by atoms with Crippen molar-refractivity contribution in [2.24, 2.45) is 5.92 Å². The second kappa shape index (κ2) is 7.43. The molecular weight excluding hydrogens is 336 g/mol. The largest absolute Gasteiger partial charge is 0.371 e. The van der Waals surface area contributed by atoms with Crippen LogP contribution in [0.4, 0.5) is 5.69 Å². The Balaban J connectivity index is 1.38. The predicted octanol–water partition coefficient (Wildman–Crippen LogP) is 3.33. The first-order chi connectivity index (χ1) is 13.1. The molecule has 1 aromatic heterocycles. The van der Waals surface area contributed by atoms with E-state index >= 15 is 0 Å². The van der Waals surface area contributed by atoms with Crippen molar-refractivity contribution in [3.8, 4) is 0 Å². The number of hydrogen-bond donors (Lipinski definition) is 0. The van der Waals surface area contributed by atoms with Crippen LogP contribution in [0.3, 0.4) is 0 Å². The minimum Gasteiger partial charge on any atom is -0.371 e. The zero-order valence-corrected chi connectivity index (χ0v) is 16.0. The van der Waals surface area contributed by atoms with Crippen molar-refractivity contribution in [2.75, 3.05) is 31.6 Å². The molecule has 5 heteroatoms. The summed E-state index contributed by atoms with van der Waals surface area (Å²) in [5.74, 6) is 1.54. The maximum absolute atomic E-state index is 12.8. The van der Waals surface area contributed by atoms with Crippen LogP contribution in [0.25, 0.3) is 11.0 Å². The van der Waals surface area contributed by atoms with Gasteiger partial charge in [0, 0.05) is 32.4 Å². The molecular formula is C22H26N4O. The third-order valence-corrected chi connectivity index (χ3v) is 5.50. The Kier molecular flexibility index (Phi) is 4.84. The molecule has 2 heterocycles. The second-order valence-electron chi connectivity index (χ2n) is 7.44. The Morgan fingerprint density at radius 3 is 2.70 bits per heavy atom. The van der Waals surface area contributed by atoms with Gasteiger partial charge in [-0.25, -0.2) is 4.98 Å². The number of likely N-dealkylation sites (N-methyl/N-ethyl adjacent to an activating group) is 1. The van der Waals surface area contributed by atoms with E-state index in [9.17, 15) is 4.79 Å². The summed E-state index contributed by atoms with van der Waals surface area (Å²) in [7, 11) is 1.92. The Labute approximate surface area is 160 Å². The summed E-state index contributed by atoms with van der Waals surface area (Å²) in [6.07, 6.45) is 1.12. The fourth-order valence-corrected chi connectivity index (χ4v) is 4.00. The van der Waals surface area contributed by atoms with Crippen LogP contribution in [0, 0.1) is 12.8 Å². The van der Waals surface area contributed by atoms with Crippen molar-refractivity contribution in [3.63, 3.8) is 0 Å². The number of rotatable bonds is 5. The van der Waals surface area contributed by atoms with Gasteiger partial charge in [-0.05, 0) is 43.5 Å². The Bertz CT molecular complexity index is 934. The molecule has 5 nitrogen and oxygen atoms in total. The first-order valence-corrected chi connectivity index (χ1v) is 9.57. The average Bonchev–Trinajstić information content (AvgIpc) is 3.27. The van der Waals surface area contributed by atoms with Gasteiger partial charge >= 0.3 is 0 Å². The number of carbonyl (C=O) groups excluding carboxylic acids is 1. The van der Waals surface area contributed by atoms with Crippen LogP contribution in [0.5, 0.6) is 0 Å². The normalized spacial score (nSPS) is 16.8. The molecule has 0 N–H and O–H groups in total. The predicted molar refractivity (Wildman–Crippen MR) is 109 cm³/mol. The molecule has 0 radical (unpaired) electrons. The number of imidazole rings is 1. The number of aryl methyl sites for hydroxylation is 1. The maximum atomic E-state index is 12.8. The van der Waals surface area contributed by atoms with Gasteiger partial charge in [0.15, 0.2) is 0 Å². The first-order valence-electron chi connectivity index (χ1n) is 9.57. The molecule has 1 atom stereocenters. The lowest BCUT2D eigenvalue weighted by Crippen LogP contribution is -2.35. The van der Waals surface area contributed by atoms with Gasteiger partial charge in [0.2, 0.25) is 5.91 Å². The molecule has 2 aromatic carbocycles. The molecule has 1 aliphatic rings. The summed E-state index contributed by atoms with van der Waals surface area (Å²) >= 11 is 0. The number of anilines is 1. The summed E-state index contributed by atoms with van der Waals surface area (Å²) in [5.41, 5.74) is 3.24. The summed E-state index contributed by atoms with van der Waals surface area (Å²) in [4.78, 5) is 21.7. The van der Waals surface area contributed by atoms with E-state index in [2.05, 4.69) is 34.1 Å². The minimum atomic E-state index is 0.138. The van der Waals surface area contributed by atoms with Crippen molar-refractivity contribution >= 4 is 22.6 Å². The van der Waals surface area contributed by atoms with E-state index in [1.54, 1.807) is 0 Å². The standard InChI is InChI=1S/C22H26N4O/c1-17-23-20-10-6-7-11-21(20)26(17)16-22(27)24(2)14-18-12-13-25(15-18)19-8-4-3-5-9-19/h3-11,18H,12-16H2,1-2H3/t18-/m1/s1. The van der Waals surface area contributed by atoms with Gasteiger partial charge in [-0.3, -0.25) is 4.79 Å². The molecule has 27 heavy (non-hydrogen) atoms. The number of aromatic nitrogens is 2. The Morgan fingerprint density at radius 1 is 1.15 bits per heavy atom. The summed E-state index contributed by atoms with van der Waals surface area (Å²) < 4.78 is 2.01. The Hall–Kier alpha value is -2.82. The van der Waals surface area contributed by atoms with E-state index < -0.39 is 0 Å². The van der Waals surface area contributed by atoms with Gasteiger partial charge in [-0.15, -0.1) is 0 Å². The molecule has 1 aliphatic heterocycles. The number of amides is 1. The van der Waals surface area contributed by atoms with Gasteiger partial charge in [-0.1, -0.05) is 30.3 Å². The third kappa shape index (κ3) is 3.68. The molecule has 0 saturated carbocycles. The molecule has 0 spiro atoms. The maximum Gasteiger partial charge on any atom is 0.242 e. The van der Waals surface area contributed by atoms with Crippen molar-refractivity contribution in [3.05, 3.63) is 60.4 Å². The van der Waals surface area contributed by atoms with Crippen molar-refractivity contribution < 1.29 is 4.79 Å². The highest BCUT2D eigenvalue weighted by molar-refractivity contribution is 5.81. The van der Waals surface area contributed by atoms with Crippen LogP contribution >= 0.6 is 0 Å². The molecule has 1 amide bonds. The van der Waals surface area contributed by atoms with Crippen molar-refractivity contribution in [1.82, 2.24) is 14.5 Å². The molecule has 140 valence electrons. The number of nitrogens with zero attached hydrogens (tertiary/aromatic N) is 4. The number of benzene rings is 2. The highest BCUT2D eigenvalue weighted by Crippen LogP contribution is 2.24. The smallest absolute Gasteiger partial charge is 0.242 e. The lowest BCUT2D eigenvalue weighted by atomic mass is 10.1. The van der Waals surface area contributed by atoms with Gasteiger partial charge in [0.1, 0.15) is 12.4 Å². The number of fused-ring (bicyclic) bond motifs is 1. The lowest BCUT2D eigenvalue weighted by Gasteiger charge is -2.23. The minimum absolute atomic E-state index is 0.138. The molecule has 0 aliphatic carbocycles. The van der Waals surface area contributed by atoms with Crippen LogP contribution in [-0.4, -0.2) is 47.0 Å². The topological polar surface area (TPSA) is 41.4 Å². The molecule has 1 saturated heterocycles. The van der Waals surface area contributed by atoms with E-state index in [0.717, 1.165) is 42.9 Å². The van der Waals surface area contributed by atoms with Crippen LogP contribution in [-0.2, 0) is 11.3 Å². The summed E-state index contributed by atoms with van der Waals surface area (Å²) in [6, 6.07) is 18.5. The van der Waals surface area contributed by atoms with Crippen LogP contribution in [0.15, 0.2) is 54.6 Å². The van der Waals surface area contributed by atoms with Gasteiger partial charge < -0.3 is 14.4 Å². The zero-order valence-electron chi connectivity index (χ0n) is 16.0. The van der Waals surface area contributed by atoms with E-state index in [-0.39, 0.29) is 5.91 Å². The Morgan fingerprint density at radius 2 is 1.89 bits per heavy atom. The lowest BCUT2D eigenvalue weighted by molar-refractivity contribution is -0.131. The molecule has 4 rings (SSSR count). The summed E-state index contributed by atoms with van der Waals surface area (Å²) in [5, 5.41) is 0. The SMILES string of the molecule is Cc1nc2ccccc2n1CC(=O)N(C)C[C@H]1CCN(c2ccccc2)C1. The zero-order chi connectivity index (χ0) is 18.8. The second-order valence-corrected chi connectivity index (χ2v) is 7.44. The van der Waals surface area contributed by atoms with Crippen molar-refractivity contribution in [2.45, 2.75) is 19.9 Å². The van der Waals surface area contributed by atoms with E-state index in [0.29, 0.717) is 12.5 Å². The van der Waals surface area contributed by atoms with E-state index in [1.807, 2.05) is 53.8 Å². The fourth-order valence-electron chi connectivity index (χ4n) is 4.00. The van der Waals surface area contributed by atoms with E-state index in [4.69, 9.17) is 0 Å². The van der Waals surface area contributed by atoms with Crippen LogP contribution in [0.1, 0.15) is 12.2 Å². The quantitative estimate of drug-likeness (QED) is 0.699. The highest BCUT2D eigenvalue weighted by atomic mass is 16.2. The van der Waals surface area contributed by atoms with Crippen LogP contribution in [0.2, 0.25) is 0 Å². The molecule has 0 unspecified atom stereocenters. The molecule has 0 bridgehead atoms. The average molecular weight is 362 g/mol. The van der Waals surface area contributed by atoms with Crippen LogP contribution < -0.4 is 4.90 Å².